The molecule has 0 radical (unpaired) electrons. The van der Waals surface area contributed by atoms with Gasteiger partial charge in [0.1, 0.15) is 5.54 Å². The molecule has 5 heteroatoms. The van der Waals surface area contributed by atoms with Crippen LogP contribution in [0.1, 0.15) is 19.4 Å². The Morgan fingerprint density at radius 2 is 1.55 bits per heavy atom. The van der Waals surface area contributed by atoms with Gasteiger partial charge in [-0.15, -0.1) is 0 Å². The summed E-state index contributed by atoms with van der Waals surface area (Å²) in [5, 5.41) is 0. The first kappa shape index (κ1) is 14.5. The maximum absolute atomic E-state index is 12.6. The first-order valence-corrected chi connectivity index (χ1v) is 6.82. The van der Waals surface area contributed by atoms with Gasteiger partial charge in [-0.1, -0.05) is 30.3 Å². The van der Waals surface area contributed by atoms with Gasteiger partial charge in [-0.05, 0) is 12.5 Å². The zero-order valence-electron chi connectivity index (χ0n) is 12.0. The van der Waals surface area contributed by atoms with Crippen LogP contribution in [0, 0.1) is 0 Å². The molecule has 1 atom stereocenters. The zero-order valence-corrected chi connectivity index (χ0v) is 12.0. The van der Waals surface area contributed by atoms with Crippen LogP contribution in [0.15, 0.2) is 30.3 Å². The fourth-order valence-corrected chi connectivity index (χ4v) is 2.46. The second-order valence-electron chi connectivity index (χ2n) is 5.37. The highest BCUT2D eigenvalue weighted by atomic mass is 16.2. The Labute approximate surface area is 119 Å². The SMILES string of the molecule is CC(=O)N1CCN(C(=O)C(C)(N)c2ccccc2)CC1. The number of benzene rings is 1. The molecule has 1 saturated heterocycles. The number of carbonyl (C=O) groups is 2. The molecule has 0 spiro atoms. The minimum atomic E-state index is -1.03. The van der Waals surface area contributed by atoms with E-state index < -0.39 is 5.54 Å². The first-order valence-electron chi connectivity index (χ1n) is 6.82. The number of hydrogen-bond acceptors (Lipinski definition) is 3. The average molecular weight is 275 g/mol. The second-order valence-corrected chi connectivity index (χ2v) is 5.37. The van der Waals surface area contributed by atoms with Crippen LogP contribution >= 0.6 is 0 Å². The molecule has 108 valence electrons. The summed E-state index contributed by atoms with van der Waals surface area (Å²) in [6, 6.07) is 9.38. The van der Waals surface area contributed by atoms with Crippen molar-refractivity contribution >= 4 is 11.8 Å². The molecule has 0 aliphatic carbocycles. The quantitative estimate of drug-likeness (QED) is 0.857. The van der Waals surface area contributed by atoms with Gasteiger partial charge in [-0.25, -0.2) is 0 Å². The molecule has 1 aromatic rings. The summed E-state index contributed by atoms with van der Waals surface area (Å²) < 4.78 is 0. The topological polar surface area (TPSA) is 66.6 Å². The number of rotatable bonds is 2. The van der Waals surface area contributed by atoms with Crippen LogP contribution in [0.5, 0.6) is 0 Å². The first-order chi connectivity index (χ1) is 9.43. The second kappa shape index (κ2) is 5.63. The zero-order chi connectivity index (χ0) is 14.8. The van der Waals surface area contributed by atoms with E-state index in [0.717, 1.165) is 5.56 Å². The summed E-state index contributed by atoms with van der Waals surface area (Å²) >= 11 is 0. The highest BCUT2D eigenvalue weighted by Crippen LogP contribution is 2.21. The van der Waals surface area contributed by atoms with Gasteiger partial charge < -0.3 is 15.5 Å². The Kier molecular flexibility index (Phi) is 4.09. The smallest absolute Gasteiger partial charge is 0.247 e. The van der Waals surface area contributed by atoms with E-state index in [-0.39, 0.29) is 11.8 Å². The third kappa shape index (κ3) is 2.82. The van der Waals surface area contributed by atoms with Crippen LogP contribution < -0.4 is 5.73 Å². The summed E-state index contributed by atoms with van der Waals surface area (Å²) in [7, 11) is 0. The fourth-order valence-electron chi connectivity index (χ4n) is 2.46. The Hall–Kier alpha value is -1.88. The summed E-state index contributed by atoms with van der Waals surface area (Å²) in [6.07, 6.45) is 0. The number of nitrogens with two attached hydrogens (primary N) is 1. The Balaban J connectivity index is 2.07. The Morgan fingerprint density at radius 3 is 2.05 bits per heavy atom. The lowest BCUT2D eigenvalue weighted by atomic mass is 9.91. The van der Waals surface area contributed by atoms with Crippen molar-refractivity contribution in [2.75, 3.05) is 26.2 Å². The Bertz CT molecular complexity index is 491. The van der Waals surface area contributed by atoms with Crippen molar-refractivity contribution in [2.24, 2.45) is 5.73 Å². The molecular formula is C15H21N3O2. The van der Waals surface area contributed by atoms with Crippen LogP contribution in [0.25, 0.3) is 0 Å². The van der Waals surface area contributed by atoms with Crippen molar-refractivity contribution in [3.05, 3.63) is 35.9 Å². The molecule has 1 aromatic carbocycles. The van der Waals surface area contributed by atoms with Gasteiger partial charge in [0.15, 0.2) is 0 Å². The maximum atomic E-state index is 12.6. The molecule has 5 nitrogen and oxygen atoms in total. The lowest BCUT2D eigenvalue weighted by Crippen LogP contribution is -2.57. The third-order valence-corrected chi connectivity index (χ3v) is 3.83. The molecule has 2 N–H and O–H groups in total. The number of hydrogen-bond donors (Lipinski definition) is 1. The van der Waals surface area contributed by atoms with Gasteiger partial charge in [-0.3, -0.25) is 9.59 Å². The highest BCUT2D eigenvalue weighted by Gasteiger charge is 2.35. The molecule has 0 saturated carbocycles. The molecule has 1 heterocycles. The van der Waals surface area contributed by atoms with E-state index in [2.05, 4.69) is 0 Å². The van der Waals surface area contributed by atoms with Crippen LogP contribution in [0.2, 0.25) is 0 Å². The number of piperazine rings is 1. The summed E-state index contributed by atoms with van der Waals surface area (Å²) in [4.78, 5) is 27.4. The van der Waals surface area contributed by atoms with E-state index in [4.69, 9.17) is 5.73 Å². The minimum absolute atomic E-state index is 0.0515. The molecule has 0 bridgehead atoms. The highest BCUT2D eigenvalue weighted by molar-refractivity contribution is 5.87. The minimum Gasteiger partial charge on any atom is -0.339 e. The maximum Gasteiger partial charge on any atom is 0.247 e. The van der Waals surface area contributed by atoms with Crippen LogP contribution in [-0.4, -0.2) is 47.8 Å². The van der Waals surface area contributed by atoms with Crippen molar-refractivity contribution in [3.8, 4) is 0 Å². The van der Waals surface area contributed by atoms with Gasteiger partial charge in [0, 0.05) is 33.1 Å². The monoisotopic (exact) mass is 275 g/mol. The van der Waals surface area contributed by atoms with Gasteiger partial charge in [0.25, 0.3) is 0 Å². The van der Waals surface area contributed by atoms with E-state index >= 15 is 0 Å². The molecule has 2 rings (SSSR count). The van der Waals surface area contributed by atoms with Crippen molar-refractivity contribution in [3.63, 3.8) is 0 Å². The molecule has 1 aliphatic rings. The summed E-state index contributed by atoms with van der Waals surface area (Å²) in [5.74, 6) is -0.0393. The lowest BCUT2D eigenvalue weighted by molar-refractivity contribution is -0.142. The van der Waals surface area contributed by atoms with E-state index in [1.165, 1.54) is 0 Å². The van der Waals surface area contributed by atoms with Crippen molar-refractivity contribution in [2.45, 2.75) is 19.4 Å². The van der Waals surface area contributed by atoms with Gasteiger partial charge >= 0.3 is 0 Å². The predicted molar refractivity (Wildman–Crippen MR) is 76.8 cm³/mol. The Morgan fingerprint density at radius 1 is 1.05 bits per heavy atom. The van der Waals surface area contributed by atoms with Crippen molar-refractivity contribution in [1.82, 2.24) is 9.80 Å². The molecular weight excluding hydrogens is 254 g/mol. The van der Waals surface area contributed by atoms with Crippen LogP contribution in [-0.2, 0) is 15.1 Å². The van der Waals surface area contributed by atoms with Crippen LogP contribution in [0.4, 0.5) is 0 Å². The fraction of sp³-hybridized carbons (Fsp3) is 0.467. The van der Waals surface area contributed by atoms with E-state index in [0.29, 0.717) is 26.2 Å². The number of amides is 2. The standard InChI is InChI=1S/C15H21N3O2/c1-12(19)17-8-10-18(11-9-17)14(20)15(2,16)13-6-4-3-5-7-13/h3-7H,8-11,16H2,1-2H3. The number of nitrogens with zero attached hydrogens (tertiary/aromatic N) is 2. The van der Waals surface area contributed by atoms with Crippen molar-refractivity contribution < 1.29 is 9.59 Å². The molecule has 1 aliphatic heterocycles. The van der Waals surface area contributed by atoms with E-state index in [1.807, 2.05) is 30.3 Å². The molecule has 2 amide bonds. The predicted octanol–water partition coefficient (Wildman–Crippen LogP) is 0.551. The summed E-state index contributed by atoms with van der Waals surface area (Å²) in [6.45, 7) is 5.52. The lowest BCUT2D eigenvalue weighted by Gasteiger charge is -2.38. The van der Waals surface area contributed by atoms with Gasteiger partial charge in [0.2, 0.25) is 11.8 Å². The van der Waals surface area contributed by atoms with E-state index in [9.17, 15) is 9.59 Å². The van der Waals surface area contributed by atoms with Gasteiger partial charge in [0.05, 0.1) is 0 Å². The molecule has 1 unspecified atom stereocenters. The normalized spacial score (nSPS) is 18.6. The number of carbonyl (C=O) groups excluding carboxylic acids is 2. The molecule has 0 aromatic heterocycles. The largest absolute Gasteiger partial charge is 0.339 e. The third-order valence-electron chi connectivity index (χ3n) is 3.83. The van der Waals surface area contributed by atoms with E-state index in [1.54, 1.807) is 23.6 Å². The average Bonchev–Trinajstić information content (AvgIpc) is 2.47. The molecule has 1 fully saturated rings. The van der Waals surface area contributed by atoms with Crippen LogP contribution in [0.3, 0.4) is 0 Å². The summed E-state index contributed by atoms with van der Waals surface area (Å²) in [5.41, 5.74) is 6.01. The molecule has 20 heavy (non-hydrogen) atoms. The van der Waals surface area contributed by atoms with Gasteiger partial charge in [-0.2, -0.15) is 0 Å². The van der Waals surface area contributed by atoms with Crippen molar-refractivity contribution in [1.29, 1.82) is 0 Å².